The fourth-order valence-electron chi connectivity index (χ4n) is 2.44. The van der Waals surface area contributed by atoms with Gasteiger partial charge >= 0.3 is 0 Å². The summed E-state index contributed by atoms with van der Waals surface area (Å²) in [4.78, 5) is 20.8. The molecule has 0 rings (SSSR count). The lowest BCUT2D eigenvalue weighted by Crippen LogP contribution is -2.32. The molecule has 1 N–H and O–H groups in total. The van der Waals surface area contributed by atoms with Crippen LogP contribution in [-0.4, -0.2) is 28.5 Å². The van der Waals surface area contributed by atoms with E-state index in [0.717, 1.165) is 25.7 Å². The predicted octanol–water partition coefficient (Wildman–Crippen LogP) is 5.25. The maximum Gasteiger partial charge on any atom is 0.242 e. The highest BCUT2D eigenvalue weighted by Gasteiger charge is 2.27. The molecule has 0 amide bonds. The molecular formula is C22H34NO4. The molecule has 0 bridgehead atoms. The van der Waals surface area contributed by atoms with Crippen molar-refractivity contribution in [1.29, 1.82) is 0 Å². The summed E-state index contributed by atoms with van der Waals surface area (Å²) in [6.45, 7) is 2.15. The number of hydrogen-bond acceptors (Lipinski definition) is 4. The Kier molecular flexibility index (Phi) is 17.4. The van der Waals surface area contributed by atoms with Gasteiger partial charge in [-0.25, -0.2) is 0 Å². The number of nitrogens with zero attached hydrogens (tertiary/aromatic N) is 1. The molecule has 5 nitrogen and oxygen atoms in total. The minimum atomic E-state index is -0.969. The summed E-state index contributed by atoms with van der Waals surface area (Å²) in [5, 5.41) is 21.2. The van der Waals surface area contributed by atoms with E-state index in [9.17, 15) is 20.0 Å². The topological polar surface area (TPSA) is 80.4 Å². The standard InChI is InChI=1S/C22H34NO4/c1-2-3-4-5-13-16-19-22(25)21(23(26)27)18-15-12-10-8-6-7-9-11-14-17-20-24/h6,8-9,11-13,15-16,21-22,25H,2-5,7,10,14,17-19H2,1H3/b8-6-,11-9-,15-12-,16-13-. The number of hydrogen-bond donors (Lipinski definition) is 1. The average Bonchev–Trinajstić information content (AvgIpc) is 2.65. The summed E-state index contributed by atoms with van der Waals surface area (Å²) in [5.74, 6) is 0. The van der Waals surface area contributed by atoms with Crippen molar-refractivity contribution in [3.05, 3.63) is 58.7 Å². The Bertz CT molecular complexity index is 495. The second-order valence-corrected chi connectivity index (χ2v) is 6.43. The molecular weight excluding hydrogens is 342 g/mol. The lowest BCUT2D eigenvalue weighted by Gasteiger charge is -2.12. The summed E-state index contributed by atoms with van der Waals surface area (Å²) in [7, 11) is 0. The lowest BCUT2D eigenvalue weighted by atomic mass is 10.0. The maximum atomic E-state index is 11.2. The summed E-state index contributed by atoms with van der Waals surface area (Å²) >= 11 is 0. The van der Waals surface area contributed by atoms with E-state index >= 15 is 0 Å². The van der Waals surface area contributed by atoms with Gasteiger partial charge in [0, 0.05) is 17.8 Å². The maximum absolute atomic E-state index is 11.2. The molecule has 0 heterocycles. The van der Waals surface area contributed by atoms with E-state index in [1.807, 2.05) is 48.8 Å². The molecule has 151 valence electrons. The molecule has 27 heavy (non-hydrogen) atoms. The molecule has 0 aliphatic rings. The predicted molar refractivity (Wildman–Crippen MR) is 111 cm³/mol. The van der Waals surface area contributed by atoms with Crippen molar-refractivity contribution in [3.8, 4) is 0 Å². The second-order valence-electron chi connectivity index (χ2n) is 6.43. The third-order valence-electron chi connectivity index (χ3n) is 4.07. The molecule has 0 fully saturated rings. The minimum absolute atomic E-state index is 0.230. The normalized spacial score (nSPS) is 14.6. The number of aliphatic hydroxyl groups is 1. The number of nitro groups is 1. The van der Waals surface area contributed by atoms with E-state index in [2.05, 4.69) is 6.92 Å². The van der Waals surface area contributed by atoms with Crippen molar-refractivity contribution in [2.75, 3.05) is 0 Å². The van der Waals surface area contributed by atoms with Crippen LogP contribution in [0.25, 0.3) is 0 Å². The molecule has 0 aromatic heterocycles. The summed E-state index contributed by atoms with van der Waals surface area (Å²) in [5.41, 5.74) is 0. The molecule has 0 aliphatic heterocycles. The first-order chi connectivity index (χ1) is 13.1. The minimum Gasteiger partial charge on any atom is -0.386 e. The van der Waals surface area contributed by atoms with E-state index in [4.69, 9.17) is 0 Å². The molecule has 1 radical (unpaired) electrons. The van der Waals surface area contributed by atoms with E-state index in [1.165, 1.54) is 12.8 Å². The Morgan fingerprint density at radius 1 is 0.926 bits per heavy atom. The van der Waals surface area contributed by atoms with Gasteiger partial charge in [-0.3, -0.25) is 14.9 Å². The summed E-state index contributed by atoms with van der Waals surface area (Å²) in [6.07, 6.45) is 23.9. The van der Waals surface area contributed by atoms with Gasteiger partial charge in [-0.05, 0) is 38.5 Å². The van der Waals surface area contributed by atoms with Gasteiger partial charge in [0.15, 0.2) is 6.29 Å². The Balaban J connectivity index is 4.08. The van der Waals surface area contributed by atoms with Gasteiger partial charge in [0.05, 0.1) is 0 Å². The zero-order valence-electron chi connectivity index (χ0n) is 16.5. The monoisotopic (exact) mass is 376 g/mol. The zero-order valence-corrected chi connectivity index (χ0v) is 16.5. The van der Waals surface area contributed by atoms with Crippen LogP contribution in [0.1, 0.15) is 71.1 Å². The van der Waals surface area contributed by atoms with E-state index in [0.29, 0.717) is 19.3 Å². The lowest BCUT2D eigenvalue weighted by molar-refractivity contribution is -0.533. The largest absolute Gasteiger partial charge is 0.386 e. The van der Waals surface area contributed by atoms with Gasteiger partial charge in [-0.15, -0.1) is 0 Å². The molecule has 2 atom stereocenters. The van der Waals surface area contributed by atoms with Crippen LogP contribution < -0.4 is 0 Å². The fourth-order valence-corrected chi connectivity index (χ4v) is 2.44. The van der Waals surface area contributed by atoms with Crippen LogP contribution in [0.15, 0.2) is 48.6 Å². The van der Waals surface area contributed by atoms with Gasteiger partial charge in [0.1, 0.15) is 6.10 Å². The SMILES string of the molecule is CCCCC/C=C\CC(O)C(C/C=C\C/C=C\C/C=C\CC[C]=O)[N+](=O)[O-]. The fraction of sp³-hybridized carbons (Fsp3) is 0.591. The van der Waals surface area contributed by atoms with Crippen LogP contribution in [0.5, 0.6) is 0 Å². The van der Waals surface area contributed by atoms with Crippen molar-refractivity contribution < 1.29 is 14.8 Å². The number of carbonyl (C=O) groups excluding carboxylic acids is 1. The molecule has 0 aromatic rings. The van der Waals surface area contributed by atoms with Gasteiger partial charge in [0.2, 0.25) is 6.04 Å². The Morgan fingerprint density at radius 2 is 1.52 bits per heavy atom. The van der Waals surface area contributed by atoms with Crippen LogP contribution in [0, 0.1) is 10.1 Å². The average molecular weight is 377 g/mol. The Hall–Kier alpha value is -2.01. The Morgan fingerprint density at radius 3 is 2.15 bits per heavy atom. The molecule has 0 saturated heterocycles. The van der Waals surface area contributed by atoms with Crippen molar-refractivity contribution in [3.63, 3.8) is 0 Å². The third kappa shape index (κ3) is 15.9. The molecule has 0 aromatic carbocycles. The molecule has 0 aliphatic carbocycles. The van der Waals surface area contributed by atoms with Crippen LogP contribution in [0.4, 0.5) is 0 Å². The van der Waals surface area contributed by atoms with Crippen molar-refractivity contribution >= 4 is 6.29 Å². The van der Waals surface area contributed by atoms with Gasteiger partial charge in [0.25, 0.3) is 0 Å². The number of rotatable bonds is 17. The second kappa shape index (κ2) is 18.8. The Labute approximate surface area is 163 Å². The van der Waals surface area contributed by atoms with E-state index < -0.39 is 17.1 Å². The van der Waals surface area contributed by atoms with Crippen molar-refractivity contribution in [2.24, 2.45) is 0 Å². The first-order valence-electron chi connectivity index (χ1n) is 9.90. The number of unbranched alkanes of at least 4 members (excludes halogenated alkanes) is 4. The highest BCUT2D eigenvalue weighted by Crippen LogP contribution is 2.10. The first-order valence-corrected chi connectivity index (χ1v) is 9.90. The molecule has 2 unspecified atom stereocenters. The van der Waals surface area contributed by atoms with Gasteiger partial charge in [-0.2, -0.15) is 0 Å². The zero-order chi connectivity index (χ0) is 20.2. The first kappa shape index (κ1) is 25.0. The molecule has 0 saturated carbocycles. The van der Waals surface area contributed by atoms with Crippen molar-refractivity contribution in [2.45, 2.75) is 83.3 Å². The van der Waals surface area contributed by atoms with Crippen LogP contribution in [0.2, 0.25) is 0 Å². The van der Waals surface area contributed by atoms with Gasteiger partial charge < -0.3 is 5.11 Å². The number of aliphatic hydroxyl groups excluding tert-OH is 1. The van der Waals surface area contributed by atoms with E-state index in [-0.39, 0.29) is 6.42 Å². The van der Waals surface area contributed by atoms with Crippen LogP contribution in [-0.2, 0) is 4.79 Å². The number of allylic oxidation sites excluding steroid dienone is 6. The highest BCUT2D eigenvalue weighted by atomic mass is 16.6. The third-order valence-corrected chi connectivity index (χ3v) is 4.07. The van der Waals surface area contributed by atoms with Gasteiger partial charge in [-0.1, -0.05) is 68.4 Å². The smallest absolute Gasteiger partial charge is 0.242 e. The molecule has 0 spiro atoms. The quantitative estimate of drug-likeness (QED) is 0.163. The van der Waals surface area contributed by atoms with Crippen LogP contribution >= 0.6 is 0 Å². The summed E-state index contributed by atoms with van der Waals surface area (Å²) < 4.78 is 0. The van der Waals surface area contributed by atoms with Crippen LogP contribution in [0.3, 0.4) is 0 Å². The van der Waals surface area contributed by atoms with E-state index in [1.54, 1.807) is 6.08 Å². The van der Waals surface area contributed by atoms with Crippen molar-refractivity contribution in [1.82, 2.24) is 0 Å². The summed E-state index contributed by atoms with van der Waals surface area (Å²) in [6, 6.07) is -0.969. The highest BCUT2D eigenvalue weighted by molar-refractivity contribution is 5.50. The molecule has 5 heteroatoms.